The van der Waals surface area contributed by atoms with Crippen LogP contribution in [-0.4, -0.2) is 24.2 Å². The average Bonchev–Trinajstić information content (AvgIpc) is 2.75. The smallest absolute Gasteiger partial charge is 0.167 e. The van der Waals surface area contributed by atoms with Gasteiger partial charge in [-0.25, -0.2) is 0 Å². The molecule has 19 heavy (non-hydrogen) atoms. The normalized spacial score (nSPS) is 10.9. The van der Waals surface area contributed by atoms with Crippen molar-refractivity contribution in [2.75, 3.05) is 19.9 Å². The van der Waals surface area contributed by atoms with Crippen molar-refractivity contribution < 1.29 is 9.26 Å². The first-order chi connectivity index (χ1) is 9.08. The van der Waals surface area contributed by atoms with Crippen molar-refractivity contribution in [2.24, 2.45) is 0 Å². The molecule has 0 saturated heterocycles. The van der Waals surface area contributed by atoms with E-state index in [9.17, 15) is 0 Å². The Morgan fingerprint density at radius 2 is 2.16 bits per heavy atom. The van der Waals surface area contributed by atoms with Gasteiger partial charge in [0.15, 0.2) is 11.6 Å². The molecule has 0 saturated carbocycles. The largest absolute Gasteiger partial charge is 0.496 e. The van der Waals surface area contributed by atoms with Crippen LogP contribution in [0.3, 0.4) is 0 Å². The first-order valence-electron chi connectivity index (χ1n) is 5.80. The summed E-state index contributed by atoms with van der Waals surface area (Å²) in [5, 5.41) is 3.67. The van der Waals surface area contributed by atoms with E-state index in [0.717, 1.165) is 28.1 Å². The summed E-state index contributed by atoms with van der Waals surface area (Å²) in [6.07, 6.45) is 0. The number of aromatic nitrogens is 1. The van der Waals surface area contributed by atoms with Crippen LogP contribution in [0, 0.1) is 0 Å². The number of nitrogen functional groups attached to an aromatic ring is 1. The van der Waals surface area contributed by atoms with Crippen LogP contribution in [0.5, 0.6) is 5.75 Å². The second kappa shape index (κ2) is 6.08. The Hall–Kier alpha value is -1.53. The lowest BCUT2D eigenvalue weighted by molar-refractivity contribution is 0.263. The fourth-order valence-electron chi connectivity index (χ4n) is 1.89. The number of halogens is 1. The van der Waals surface area contributed by atoms with E-state index in [1.807, 2.05) is 25.2 Å². The quantitative estimate of drug-likeness (QED) is 0.915. The monoisotopic (exact) mass is 325 g/mol. The highest BCUT2D eigenvalue weighted by Gasteiger charge is 2.10. The van der Waals surface area contributed by atoms with Crippen molar-refractivity contribution in [1.82, 2.24) is 10.1 Å². The molecule has 5 nitrogen and oxygen atoms in total. The summed E-state index contributed by atoms with van der Waals surface area (Å²) in [6.45, 7) is 1.38. The van der Waals surface area contributed by atoms with Crippen LogP contribution < -0.4 is 10.5 Å². The molecule has 0 aliphatic carbocycles. The third kappa shape index (κ3) is 3.71. The van der Waals surface area contributed by atoms with Crippen molar-refractivity contribution in [3.63, 3.8) is 0 Å². The molecule has 1 aromatic heterocycles. The molecule has 0 fully saturated rings. The minimum Gasteiger partial charge on any atom is -0.496 e. The van der Waals surface area contributed by atoms with E-state index in [4.69, 9.17) is 15.0 Å². The summed E-state index contributed by atoms with van der Waals surface area (Å²) < 4.78 is 11.5. The number of rotatable bonds is 5. The Labute approximate surface area is 120 Å². The molecule has 1 heterocycles. The SMILES string of the molecule is COc1ccc(Br)cc1CN(C)Cc1cc(N)no1. The molecule has 0 spiro atoms. The molecule has 2 N–H and O–H groups in total. The highest BCUT2D eigenvalue weighted by atomic mass is 79.9. The van der Waals surface area contributed by atoms with Gasteiger partial charge < -0.3 is 15.0 Å². The van der Waals surface area contributed by atoms with Gasteiger partial charge in [-0.1, -0.05) is 21.1 Å². The van der Waals surface area contributed by atoms with E-state index in [2.05, 4.69) is 26.0 Å². The third-order valence-corrected chi connectivity index (χ3v) is 3.18. The Morgan fingerprint density at radius 1 is 1.37 bits per heavy atom. The number of ether oxygens (including phenoxy) is 1. The first-order valence-corrected chi connectivity index (χ1v) is 6.60. The molecule has 2 aromatic rings. The highest BCUT2D eigenvalue weighted by molar-refractivity contribution is 9.10. The zero-order chi connectivity index (χ0) is 13.8. The number of hydrogen-bond donors (Lipinski definition) is 1. The van der Waals surface area contributed by atoms with Crippen LogP contribution in [0.15, 0.2) is 33.3 Å². The number of methoxy groups -OCH3 is 1. The number of anilines is 1. The van der Waals surface area contributed by atoms with Crippen LogP contribution in [0.1, 0.15) is 11.3 Å². The van der Waals surface area contributed by atoms with Gasteiger partial charge in [0.2, 0.25) is 0 Å². The van der Waals surface area contributed by atoms with E-state index in [-0.39, 0.29) is 0 Å². The van der Waals surface area contributed by atoms with Gasteiger partial charge in [0.1, 0.15) is 5.75 Å². The molecule has 0 aliphatic rings. The second-order valence-corrected chi connectivity index (χ2v) is 5.26. The number of nitrogens with two attached hydrogens (primary N) is 1. The predicted octanol–water partition coefficient (Wildman–Crippen LogP) is 2.66. The second-order valence-electron chi connectivity index (χ2n) is 4.35. The number of hydrogen-bond acceptors (Lipinski definition) is 5. The van der Waals surface area contributed by atoms with Crippen molar-refractivity contribution in [2.45, 2.75) is 13.1 Å². The van der Waals surface area contributed by atoms with Gasteiger partial charge >= 0.3 is 0 Å². The van der Waals surface area contributed by atoms with Gasteiger partial charge in [0.05, 0.1) is 13.7 Å². The molecule has 0 bridgehead atoms. The Balaban J connectivity index is 2.05. The van der Waals surface area contributed by atoms with Gasteiger partial charge in [-0.15, -0.1) is 0 Å². The Morgan fingerprint density at radius 3 is 2.79 bits per heavy atom. The molecule has 0 radical (unpaired) electrons. The van der Waals surface area contributed by atoms with Gasteiger partial charge in [0.25, 0.3) is 0 Å². The molecular weight excluding hydrogens is 310 g/mol. The van der Waals surface area contributed by atoms with Gasteiger partial charge in [-0.05, 0) is 25.2 Å². The maximum absolute atomic E-state index is 5.52. The summed E-state index contributed by atoms with van der Waals surface area (Å²) in [5.41, 5.74) is 6.63. The molecular formula is C13H16BrN3O2. The van der Waals surface area contributed by atoms with Crippen molar-refractivity contribution in [3.05, 3.63) is 40.1 Å². The van der Waals surface area contributed by atoms with E-state index >= 15 is 0 Å². The van der Waals surface area contributed by atoms with Crippen LogP contribution in [0.25, 0.3) is 0 Å². The fourth-order valence-corrected chi connectivity index (χ4v) is 2.30. The van der Waals surface area contributed by atoms with E-state index in [1.54, 1.807) is 13.2 Å². The van der Waals surface area contributed by atoms with Gasteiger partial charge in [-0.3, -0.25) is 4.90 Å². The third-order valence-electron chi connectivity index (χ3n) is 2.69. The van der Waals surface area contributed by atoms with E-state index < -0.39 is 0 Å². The minimum absolute atomic E-state index is 0.406. The van der Waals surface area contributed by atoms with E-state index in [0.29, 0.717) is 12.4 Å². The van der Waals surface area contributed by atoms with Crippen molar-refractivity contribution in [1.29, 1.82) is 0 Å². The molecule has 0 aliphatic heterocycles. The van der Waals surface area contributed by atoms with E-state index in [1.165, 1.54) is 0 Å². The summed E-state index contributed by atoms with van der Waals surface area (Å²) >= 11 is 3.47. The number of benzene rings is 1. The van der Waals surface area contributed by atoms with Gasteiger partial charge in [0, 0.05) is 22.6 Å². The summed E-state index contributed by atoms with van der Waals surface area (Å²) in [7, 11) is 3.67. The van der Waals surface area contributed by atoms with Crippen LogP contribution >= 0.6 is 15.9 Å². The molecule has 102 valence electrons. The lowest BCUT2D eigenvalue weighted by Crippen LogP contribution is -2.17. The van der Waals surface area contributed by atoms with Gasteiger partial charge in [-0.2, -0.15) is 0 Å². The zero-order valence-electron chi connectivity index (χ0n) is 10.9. The molecule has 2 rings (SSSR count). The average molecular weight is 326 g/mol. The topological polar surface area (TPSA) is 64.5 Å². The van der Waals surface area contributed by atoms with Crippen LogP contribution in [0.2, 0.25) is 0 Å². The van der Waals surface area contributed by atoms with Crippen molar-refractivity contribution in [3.8, 4) is 5.75 Å². The fraction of sp³-hybridized carbons (Fsp3) is 0.308. The van der Waals surface area contributed by atoms with Crippen LogP contribution in [-0.2, 0) is 13.1 Å². The molecule has 0 amide bonds. The Kier molecular flexibility index (Phi) is 4.44. The lowest BCUT2D eigenvalue weighted by Gasteiger charge is -2.17. The summed E-state index contributed by atoms with van der Waals surface area (Å²) in [5.74, 6) is 2.02. The zero-order valence-corrected chi connectivity index (χ0v) is 12.5. The number of nitrogens with zero attached hydrogens (tertiary/aromatic N) is 2. The maximum Gasteiger partial charge on any atom is 0.167 e. The summed E-state index contributed by atoms with van der Waals surface area (Å²) in [4.78, 5) is 2.10. The van der Waals surface area contributed by atoms with Crippen molar-refractivity contribution >= 4 is 21.7 Å². The standard InChI is InChI=1S/C13H16BrN3O2/c1-17(8-11-6-13(15)16-19-11)7-9-5-10(14)3-4-12(9)18-2/h3-6H,7-8H2,1-2H3,(H2,15,16). The highest BCUT2D eigenvalue weighted by Crippen LogP contribution is 2.24. The Bertz CT molecular complexity index is 557. The predicted molar refractivity (Wildman–Crippen MR) is 76.8 cm³/mol. The summed E-state index contributed by atoms with van der Waals surface area (Å²) in [6, 6.07) is 7.68. The first kappa shape index (κ1) is 13.9. The van der Waals surface area contributed by atoms with Crippen LogP contribution in [0.4, 0.5) is 5.82 Å². The molecule has 0 atom stereocenters. The molecule has 1 aromatic carbocycles. The maximum atomic E-state index is 5.52. The molecule has 0 unspecified atom stereocenters. The molecule has 6 heteroatoms. The lowest BCUT2D eigenvalue weighted by atomic mass is 10.2. The minimum atomic E-state index is 0.406.